The molecule has 1 aromatic carbocycles. The van der Waals surface area contributed by atoms with Gasteiger partial charge in [0.2, 0.25) is 5.91 Å². The van der Waals surface area contributed by atoms with E-state index in [-0.39, 0.29) is 18.0 Å². The third-order valence-corrected chi connectivity index (χ3v) is 2.39. The molecule has 0 aliphatic heterocycles. The molecule has 0 saturated heterocycles. The molecule has 0 heterocycles. The molecule has 4 heteroatoms. The molecule has 1 atom stereocenters. The first kappa shape index (κ1) is 14.5. The van der Waals surface area contributed by atoms with E-state index in [1.54, 1.807) is 0 Å². The number of benzene rings is 1. The van der Waals surface area contributed by atoms with E-state index in [0.29, 0.717) is 13.2 Å². The van der Waals surface area contributed by atoms with Crippen molar-refractivity contribution in [2.24, 2.45) is 0 Å². The first-order valence-corrected chi connectivity index (χ1v) is 6.31. The summed E-state index contributed by atoms with van der Waals surface area (Å²) in [7, 11) is 0. The van der Waals surface area contributed by atoms with Gasteiger partial charge in [-0.2, -0.15) is 0 Å². The molecule has 1 rings (SSSR count). The smallest absolute Gasteiger partial charge is 0.237 e. The Morgan fingerprint density at radius 1 is 1.22 bits per heavy atom. The highest BCUT2D eigenvalue weighted by molar-refractivity contribution is 5.81. The van der Waals surface area contributed by atoms with Crippen molar-refractivity contribution in [2.75, 3.05) is 13.2 Å². The van der Waals surface area contributed by atoms with Crippen molar-refractivity contribution in [3.8, 4) is 5.75 Å². The average Bonchev–Trinajstić information content (AvgIpc) is 2.34. The van der Waals surface area contributed by atoms with Crippen molar-refractivity contribution in [3.05, 3.63) is 30.3 Å². The fraction of sp³-hybridized carbons (Fsp3) is 0.500. The molecule has 4 nitrogen and oxygen atoms in total. The van der Waals surface area contributed by atoms with Crippen LogP contribution in [0.5, 0.6) is 5.75 Å². The number of nitrogens with one attached hydrogen (secondary N) is 2. The number of amides is 1. The second-order valence-electron chi connectivity index (χ2n) is 4.50. The molecule has 0 radical (unpaired) electrons. The third-order valence-electron chi connectivity index (χ3n) is 2.39. The summed E-state index contributed by atoms with van der Waals surface area (Å²) >= 11 is 0. The molecular formula is C14H22N2O2. The van der Waals surface area contributed by atoms with Crippen LogP contribution >= 0.6 is 0 Å². The number of rotatable bonds is 7. The molecular weight excluding hydrogens is 228 g/mol. The largest absolute Gasteiger partial charge is 0.492 e. The second kappa shape index (κ2) is 7.71. The lowest BCUT2D eigenvalue weighted by Gasteiger charge is -2.16. The molecule has 0 aliphatic rings. The summed E-state index contributed by atoms with van der Waals surface area (Å²) in [4.78, 5) is 11.6. The van der Waals surface area contributed by atoms with Gasteiger partial charge in [-0.05, 0) is 32.9 Å². The predicted molar refractivity (Wildman–Crippen MR) is 72.7 cm³/mol. The molecule has 0 aliphatic carbocycles. The molecule has 1 aromatic rings. The maximum atomic E-state index is 11.6. The second-order valence-corrected chi connectivity index (χ2v) is 4.50. The van der Waals surface area contributed by atoms with E-state index in [9.17, 15) is 4.79 Å². The van der Waals surface area contributed by atoms with Gasteiger partial charge in [-0.3, -0.25) is 4.79 Å². The third kappa shape index (κ3) is 5.68. The molecule has 100 valence electrons. The van der Waals surface area contributed by atoms with Gasteiger partial charge in [-0.1, -0.05) is 18.2 Å². The van der Waals surface area contributed by atoms with Crippen molar-refractivity contribution in [3.63, 3.8) is 0 Å². The minimum absolute atomic E-state index is 0.0183. The highest BCUT2D eigenvalue weighted by Gasteiger charge is 2.12. The Hall–Kier alpha value is -1.55. The molecule has 0 spiro atoms. The Morgan fingerprint density at radius 3 is 2.50 bits per heavy atom. The fourth-order valence-corrected chi connectivity index (χ4v) is 1.46. The number of hydrogen-bond acceptors (Lipinski definition) is 3. The highest BCUT2D eigenvalue weighted by Crippen LogP contribution is 2.07. The van der Waals surface area contributed by atoms with Crippen molar-refractivity contribution in [1.82, 2.24) is 10.6 Å². The zero-order chi connectivity index (χ0) is 13.4. The van der Waals surface area contributed by atoms with Crippen molar-refractivity contribution < 1.29 is 9.53 Å². The summed E-state index contributed by atoms with van der Waals surface area (Å²) in [5, 5.41) is 5.98. The van der Waals surface area contributed by atoms with Gasteiger partial charge in [-0.25, -0.2) is 0 Å². The van der Waals surface area contributed by atoms with Gasteiger partial charge >= 0.3 is 0 Å². The van der Waals surface area contributed by atoms with Crippen LogP contribution < -0.4 is 15.4 Å². The summed E-state index contributed by atoms with van der Waals surface area (Å²) in [5.41, 5.74) is 0. The summed E-state index contributed by atoms with van der Waals surface area (Å²) in [6.45, 7) is 6.93. The van der Waals surface area contributed by atoms with Crippen LogP contribution in [0.2, 0.25) is 0 Å². The zero-order valence-corrected chi connectivity index (χ0v) is 11.3. The van der Waals surface area contributed by atoms with Crippen LogP contribution in [0.1, 0.15) is 20.8 Å². The molecule has 18 heavy (non-hydrogen) atoms. The summed E-state index contributed by atoms with van der Waals surface area (Å²) in [6.07, 6.45) is 0. The van der Waals surface area contributed by atoms with Gasteiger partial charge in [0, 0.05) is 12.6 Å². The lowest BCUT2D eigenvalue weighted by Crippen LogP contribution is -2.45. The van der Waals surface area contributed by atoms with Crippen LogP contribution in [-0.4, -0.2) is 31.1 Å². The van der Waals surface area contributed by atoms with Crippen LogP contribution in [0.4, 0.5) is 0 Å². The normalized spacial score (nSPS) is 12.2. The van der Waals surface area contributed by atoms with E-state index < -0.39 is 0 Å². The van der Waals surface area contributed by atoms with Crippen molar-refractivity contribution in [2.45, 2.75) is 32.9 Å². The quantitative estimate of drug-likeness (QED) is 0.722. The van der Waals surface area contributed by atoms with Gasteiger partial charge < -0.3 is 15.4 Å². The van der Waals surface area contributed by atoms with E-state index >= 15 is 0 Å². The van der Waals surface area contributed by atoms with Crippen LogP contribution in [0.15, 0.2) is 30.3 Å². The number of carbonyl (C=O) groups excluding carboxylic acids is 1. The predicted octanol–water partition coefficient (Wildman–Crippen LogP) is 1.57. The van der Waals surface area contributed by atoms with Crippen LogP contribution in [0.3, 0.4) is 0 Å². The summed E-state index contributed by atoms with van der Waals surface area (Å²) in [6, 6.07) is 9.60. The molecule has 2 N–H and O–H groups in total. The summed E-state index contributed by atoms with van der Waals surface area (Å²) < 4.78 is 5.52. The molecule has 0 bridgehead atoms. The number of ether oxygens (including phenoxy) is 1. The van der Waals surface area contributed by atoms with Crippen molar-refractivity contribution in [1.29, 1.82) is 0 Å². The minimum Gasteiger partial charge on any atom is -0.492 e. The number of para-hydroxylation sites is 1. The molecule has 0 fully saturated rings. The van der Waals surface area contributed by atoms with Crippen molar-refractivity contribution >= 4 is 5.91 Å². The monoisotopic (exact) mass is 250 g/mol. The van der Waals surface area contributed by atoms with E-state index in [2.05, 4.69) is 10.6 Å². The minimum atomic E-state index is -0.202. The van der Waals surface area contributed by atoms with Gasteiger partial charge in [0.05, 0.1) is 6.04 Å². The topological polar surface area (TPSA) is 50.4 Å². The van der Waals surface area contributed by atoms with E-state index in [1.807, 2.05) is 51.1 Å². The number of carbonyl (C=O) groups is 1. The molecule has 1 amide bonds. The maximum Gasteiger partial charge on any atom is 0.237 e. The van der Waals surface area contributed by atoms with Crippen LogP contribution in [-0.2, 0) is 4.79 Å². The van der Waals surface area contributed by atoms with E-state index in [1.165, 1.54) is 0 Å². The Bertz CT molecular complexity index is 352. The van der Waals surface area contributed by atoms with E-state index in [4.69, 9.17) is 4.74 Å². The number of hydrogen-bond donors (Lipinski definition) is 2. The first-order chi connectivity index (χ1) is 8.59. The highest BCUT2D eigenvalue weighted by atomic mass is 16.5. The Morgan fingerprint density at radius 2 is 1.89 bits per heavy atom. The Balaban J connectivity index is 2.16. The molecule has 0 saturated carbocycles. The Labute approximate surface area is 109 Å². The van der Waals surface area contributed by atoms with Gasteiger partial charge in [0.1, 0.15) is 12.4 Å². The Kier molecular flexibility index (Phi) is 6.22. The lowest BCUT2D eigenvalue weighted by atomic mass is 10.3. The fourth-order valence-electron chi connectivity index (χ4n) is 1.46. The average molecular weight is 250 g/mol. The van der Waals surface area contributed by atoms with Gasteiger partial charge in [-0.15, -0.1) is 0 Å². The molecule has 0 aromatic heterocycles. The van der Waals surface area contributed by atoms with Crippen LogP contribution in [0.25, 0.3) is 0 Å². The van der Waals surface area contributed by atoms with Gasteiger partial charge in [0.25, 0.3) is 0 Å². The maximum absolute atomic E-state index is 11.6. The molecule has 1 unspecified atom stereocenters. The van der Waals surface area contributed by atoms with Crippen LogP contribution in [0, 0.1) is 0 Å². The first-order valence-electron chi connectivity index (χ1n) is 6.31. The SMILES string of the molecule is CC(C)NC(=O)C(C)NCCOc1ccccc1. The summed E-state index contributed by atoms with van der Waals surface area (Å²) in [5.74, 6) is 0.864. The standard InChI is InChI=1S/C14H22N2O2/c1-11(2)16-14(17)12(3)15-9-10-18-13-7-5-4-6-8-13/h4-8,11-12,15H,9-10H2,1-3H3,(H,16,17). The lowest BCUT2D eigenvalue weighted by molar-refractivity contribution is -0.123. The zero-order valence-electron chi connectivity index (χ0n) is 11.3. The van der Waals surface area contributed by atoms with Gasteiger partial charge in [0.15, 0.2) is 0 Å². The van der Waals surface area contributed by atoms with E-state index in [0.717, 1.165) is 5.75 Å².